The lowest BCUT2D eigenvalue weighted by atomic mass is 9.92. The zero-order chi connectivity index (χ0) is 34.4. The fraction of sp³-hybridized carbons (Fsp3) is 0.0208. The van der Waals surface area contributed by atoms with Gasteiger partial charge in [0.05, 0.1) is 22.9 Å². The Balaban J connectivity index is 1.09. The Morgan fingerprint density at radius 3 is 1.81 bits per heavy atom. The van der Waals surface area contributed by atoms with Crippen LogP contribution in [0.5, 0.6) is 0 Å². The van der Waals surface area contributed by atoms with Crippen molar-refractivity contribution in [3.8, 4) is 33.8 Å². The molecule has 0 bridgehead atoms. The molecule has 10 rings (SSSR count). The number of hydrogen-bond donors (Lipinski definition) is 1. The number of amidine groups is 1. The standard InChI is InChI=1S/C48H32N4/c1-3-15-33(16-4-1)43-41-27-25-31-13-7-9-23-39(31)45(41)51-47(49-43)37-21-11-19-35(29-37)36-20-12-22-38(30-36)48-50-44(34-17-5-2-6-18-34)42-28-26-32-14-8-10-24-40(32)46(42)52-48/h1-30,43H,(H,49,51). The molecule has 1 aliphatic rings. The third-order valence-electron chi connectivity index (χ3n) is 10.1. The lowest BCUT2D eigenvalue weighted by molar-refractivity contribution is 0.751. The summed E-state index contributed by atoms with van der Waals surface area (Å²) < 4.78 is 0. The van der Waals surface area contributed by atoms with E-state index >= 15 is 0 Å². The van der Waals surface area contributed by atoms with Gasteiger partial charge in [0.2, 0.25) is 0 Å². The molecule has 4 nitrogen and oxygen atoms in total. The minimum absolute atomic E-state index is 0.0276. The van der Waals surface area contributed by atoms with Crippen LogP contribution in [0.15, 0.2) is 187 Å². The minimum Gasteiger partial charge on any atom is -0.359 e. The summed E-state index contributed by atoms with van der Waals surface area (Å²) in [6.07, 6.45) is 0. The van der Waals surface area contributed by atoms with Gasteiger partial charge in [-0.15, -0.1) is 0 Å². The van der Waals surface area contributed by atoms with E-state index in [1.165, 1.54) is 16.5 Å². The summed E-state index contributed by atoms with van der Waals surface area (Å²) >= 11 is 0. The van der Waals surface area contributed by atoms with Gasteiger partial charge in [0.25, 0.3) is 0 Å². The van der Waals surface area contributed by atoms with Gasteiger partial charge in [-0.05, 0) is 45.7 Å². The molecule has 4 heteroatoms. The number of nitrogens with one attached hydrogen (secondary N) is 1. The van der Waals surface area contributed by atoms with Gasteiger partial charge in [-0.2, -0.15) is 0 Å². The third kappa shape index (κ3) is 5.21. The molecule has 0 saturated carbocycles. The summed E-state index contributed by atoms with van der Waals surface area (Å²) in [5, 5.41) is 9.47. The first-order chi connectivity index (χ1) is 25.8. The summed E-state index contributed by atoms with van der Waals surface area (Å²) in [7, 11) is 0. The molecular formula is C48H32N4. The number of hydrogen-bond acceptors (Lipinski definition) is 4. The molecule has 1 unspecified atom stereocenters. The van der Waals surface area contributed by atoms with Gasteiger partial charge in [-0.1, -0.05) is 164 Å². The van der Waals surface area contributed by atoms with Crippen LogP contribution in [0.4, 0.5) is 5.69 Å². The Bertz CT molecular complexity index is 2820. The number of fused-ring (bicyclic) bond motifs is 6. The van der Waals surface area contributed by atoms with Crippen LogP contribution in [0.25, 0.3) is 66.2 Å². The van der Waals surface area contributed by atoms with Crippen LogP contribution in [0.3, 0.4) is 0 Å². The van der Waals surface area contributed by atoms with Gasteiger partial charge in [0.15, 0.2) is 5.82 Å². The van der Waals surface area contributed by atoms with Crippen LogP contribution in [0.1, 0.15) is 22.7 Å². The van der Waals surface area contributed by atoms with E-state index in [1.807, 2.05) is 6.07 Å². The monoisotopic (exact) mass is 664 g/mol. The highest BCUT2D eigenvalue weighted by molar-refractivity contribution is 6.10. The average Bonchev–Trinajstić information content (AvgIpc) is 3.23. The Hall–Kier alpha value is -6.91. The third-order valence-corrected chi connectivity index (χ3v) is 10.1. The molecule has 2 heterocycles. The molecule has 0 saturated heterocycles. The van der Waals surface area contributed by atoms with E-state index in [-0.39, 0.29) is 6.04 Å². The van der Waals surface area contributed by atoms with Crippen molar-refractivity contribution in [2.45, 2.75) is 6.04 Å². The second-order valence-corrected chi connectivity index (χ2v) is 13.3. The van der Waals surface area contributed by atoms with Crippen LogP contribution in [0.2, 0.25) is 0 Å². The molecule has 0 aliphatic carbocycles. The van der Waals surface area contributed by atoms with Crippen molar-refractivity contribution >= 4 is 44.0 Å². The largest absolute Gasteiger partial charge is 0.359 e. The lowest BCUT2D eigenvalue weighted by Gasteiger charge is -2.28. The fourth-order valence-electron chi connectivity index (χ4n) is 7.54. The SMILES string of the molecule is c1ccc(-c2nc(-c3cccc(-c4cccc(C5=Nc6c(ccc7ccccc67)C(c6ccccc6)N5)c4)c3)nc3c2ccc2ccccc23)cc1. The van der Waals surface area contributed by atoms with Gasteiger partial charge in [-0.25, -0.2) is 15.0 Å². The van der Waals surface area contributed by atoms with Crippen molar-refractivity contribution in [3.05, 3.63) is 199 Å². The highest BCUT2D eigenvalue weighted by Gasteiger charge is 2.26. The van der Waals surface area contributed by atoms with Gasteiger partial charge >= 0.3 is 0 Å². The second kappa shape index (κ2) is 12.4. The summed E-state index contributed by atoms with van der Waals surface area (Å²) in [6.45, 7) is 0. The summed E-state index contributed by atoms with van der Waals surface area (Å²) in [5.41, 5.74) is 10.5. The Morgan fingerprint density at radius 2 is 1.02 bits per heavy atom. The maximum atomic E-state index is 5.30. The molecule has 8 aromatic carbocycles. The second-order valence-electron chi connectivity index (χ2n) is 13.3. The van der Waals surface area contributed by atoms with E-state index in [0.29, 0.717) is 5.82 Å². The molecular weight excluding hydrogens is 633 g/mol. The van der Waals surface area contributed by atoms with Crippen LogP contribution in [0, 0.1) is 0 Å². The minimum atomic E-state index is -0.0276. The number of aliphatic imine (C=N–C) groups is 1. The summed E-state index contributed by atoms with van der Waals surface area (Å²) in [5.74, 6) is 1.56. The van der Waals surface area contributed by atoms with Crippen molar-refractivity contribution < 1.29 is 0 Å². The first kappa shape index (κ1) is 30.0. The molecule has 9 aromatic rings. The summed E-state index contributed by atoms with van der Waals surface area (Å²) in [4.78, 5) is 15.7. The van der Waals surface area contributed by atoms with E-state index in [9.17, 15) is 0 Å². The van der Waals surface area contributed by atoms with Gasteiger partial charge in [0.1, 0.15) is 5.84 Å². The maximum absolute atomic E-state index is 5.30. The quantitative estimate of drug-likeness (QED) is 0.186. The molecule has 1 aliphatic heterocycles. The summed E-state index contributed by atoms with van der Waals surface area (Å²) in [6, 6.07) is 63.9. The first-order valence-electron chi connectivity index (χ1n) is 17.6. The predicted octanol–water partition coefficient (Wildman–Crippen LogP) is 11.7. The molecule has 52 heavy (non-hydrogen) atoms. The van der Waals surface area contributed by atoms with Crippen molar-refractivity contribution in [2.24, 2.45) is 4.99 Å². The smallest absolute Gasteiger partial charge is 0.160 e. The average molecular weight is 665 g/mol. The number of aromatic nitrogens is 2. The highest BCUT2D eigenvalue weighted by Crippen LogP contribution is 2.40. The van der Waals surface area contributed by atoms with E-state index < -0.39 is 0 Å². The van der Waals surface area contributed by atoms with Crippen LogP contribution in [-0.4, -0.2) is 15.8 Å². The predicted molar refractivity (Wildman–Crippen MR) is 215 cm³/mol. The van der Waals surface area contributed by atoms with Crippen molar-refractivity contribution in [1.29, 1.82) is 0 Å². The van der Waals surface area contributed by atoms with Gasteiger partial charge in [0, 0.05) is 38.4 Å². The van der Waals surface area contributed by atoms with Crippen molar-refractivity contribution in [2.75, 3.05) is 0 Å². The molecule has 1 aromatic heterocycles. The zero-order valence-electron chi connectivity index (χ0n) is 28.2. The maximum Gasteiger partial charge on any atom is 0.160 e. The van der Waals surface area contributed by atoms with E-state index in [0.717, 1.165) is 72.1 Å². The van der Waals surface area contributed by atoms with Crippen LogP contribution >= 0.6 is 0 Å². The molecule has 244 valence electrons. The number of benzene rings is 8. The number of nitrogens with zero attached hydrogens (tertiary/aromatic N) is 3. The van der Waals surface area contributed by atoms with E-state index in [2.05, 4.69) is 181 Å². The first-order valence-corrected chi connectivity index (χ1v) is 17.6. The molecule has 0 radical (unpaired) electrons. The number of rotatable bonds is 5. The van der Waals surface area contributed by atoms with E-state index in [1.54, 1.807) is 0 Å². The molecule has 1 atom stereocenters. The van der Waals surface area contributed by atoms with Crippen LogP contribution < -0.4 is 5.32 Å². The molecule has 0 spiro atoms. The Morgan fingerprint density at radius 1 is 0.423 bits per heavy atom. The normalized spacial score (nSPS) is 13.8. The van der Waals surface area contributed by atoms with E-state index in [4.69, 9.17) is 15.0 Å². The molecule has 0 fully saturated rings. The molecule has 1 N–H and O–H groups in total. The highest BCUT2D eigenvalue weighted by atomic mass is 15.1. The van der Waals surface area contributed by atoms with Crippen LogP contribution in [-0.2, 0) is 0 Å². The topological polar surface area (TPSA) is 50.2 Å². The lowest BCUT2D eigenvalue weighted by Crippen LogP contribution is -2.32. The zero-order valence-corrected chi connectivity index (χ0v) is 28.2. The molecule has 0 amide bonds. The van der Waals surface area contributed by atoms with Crippen molar-refractivity contribution in [3.63, 3.8) is 0 Å². The Labute approximate surface area is 301 Å². The van der Waals surface area contributed by atoms with Crippen molar-refractivity contribution in [1.82, 2.24) is 15.3 Å². The van der Waals surface area contributed by atoms with Gasteiger partial charge in [-0.3, -0.25) is 0 Å². The van der Waals surface area contributed by atoms with Gasteiger partial charge < -0.3 is 5.32 Å². The fourth-order valence-corrected chi connectivity index (χ4v) is 7.54. The Kier molecular flexibility index (Phi) is 7.17.